The molecule has 3 heterocycles. The van der Waals surface area contributed by atoms with E-state index in [0.717, 1.165) is 23.9 Å². The molecule has 150 valence electrons. The van der Waals surface area contributed by atoms with Crippen LogP contribution in [0.3, 0.4) is 0 Å². The maximum Gasteiger partial charge on any atom is 0.416 e. The van der Waals surface area contributed by atoms with Gasteiger partial charge in [0, 0.05) is 12.3 Å². The first kappa shape index (κ1) is 20.0. The monoisotopic (exact) mass is 403 g/mol. The number of carbonyl (C=O) groups excluding carboxylic acids is 1. The number of carbonyl (C=O) groups is 1. The number of alkyl halides is 3. The Hall–Kier alpha value is -3.76. The van der Waals surface area contributed by atoms with Crippen molar-refractivity contribution in [3.63, 3.8) is 0 Å². The Kier molecular flexibility index (Phi) is 5.57. The number of rotatable bonds is 6. The fraction of sp³-hybridized carbons (Fsp3) is 0.167. The molecule has 0 aromatic carbocycles. The van der Waals surface area contributed by atoms with E-state index >= 15 is 0 Å². The Labute approximate surface area is 163 Å². The first-order chi connectivity index (χ1) is 13.7. The number of primary amides is 1. The van der Waals surface area contributed by atoms with Crippen LogP contribution in [-0.2, 0) is 17.5 Å². The van der Waals surface area contributed by atoms with E-state index in [4.69, 9.17) is 5.73 Å². The van der Waals surface area contributed by atoms with Gasteiger partial charge in [0.25, 0.3) is 0 Å². The highest BCUT2D eigenvalue weighted by atomic mass is 19.4. The van der Waals surface area contributed by atoms with Gasteiger partial charge in [0.05, 0.1) is 24.0 Å². The van der Waals surface area contributed by atoms with E-state index in [1.165, 1.54) is 16.8 Å². The molecule has 0 radical (unpaired) electrons. The van der Waals surface area contributed by atoms with Crippen LogP contribution in [0.15, 0.2) is 48.8 Å². The van der Waals surface area contributed by atoms with E-state index in [9.17, 15) is 18.0 Å². The van der Waals surface area contributed by atoms with Gasteiger partial charge in [0.15, 0.2) is 0 Å². The van der Waals surface area contributed by atoms with Gasteiger partial charge in [-0.3, -0.25) is 4.79 Å². The van der Waals surface area contributed by atoms with Crippen LogP contribution >= 0.6 is 0 Å². The summed E-state index contributed by atoms with van der Waals surface area (Å²) >= 11 is 0. The Balaban J connectivity index is 1.82. The summed E-state index contributed by atoms with van der Waals surface area (Å²) in [6, 6.07) is 5.24. The summed E-state index contributed by atoms with van der Waals surface area (Å²) in [4.78, 5) is 19.0. The first-order valence-corrected chi connectivity index (χ1v) is 8.36. The number of pyridine rings is 2. The molecular formula is C18H16F3N7O. The van der Waals surface area contributed by atoms with Crippen molar-refractivity contribution >= 4 is 17.5 Å². The van der Waals surface area contributed by atoms with Crippen LogP contribution < -0.4 is 11.1 Å². The smallest absolute Gasteiger partial charge is 0.366 e. The summed E-state index contributed by atoms with van der Waals surface area (Å²) in [5.74, 6) is -0.233. The molecule has 0 fully saturated rings. The van der Waals surface area contributed by atoms with E-state index in [1.807, 2.05) is 6.92 Å². The lowest BCUT2D eigenvalue weighted by Crippen LogP contribution is -2.06. The van der Waals surface area contributed by atoms with E-state index in [-0.39, 0.29) is 5.82 Å². The highest BCUT2D eigenvalue weighted by molar-refractivity contribution is 5.85. The molecule has 11 heteroatoms. The molecule has 0 saturated carbocycles. The maximum atomic E-state index is 12.9. The zero-order chi connectivity index (χ0) is 21.0. The topological polar surface area (TPSA) is 112 Å². The van der Waals surface area contributed by atoms with Gasteiger partial charge in [0.1, 0.15) is 17.3 Å². The molecule has 0 bridgehead atoms. The van der Waals surface area contributed by atoms with Crippen LogP contribution in [0.5, 0.6) is 0 Å². The molecule has 0 unspecified atom stereocenters. The Bertz CT molecular complexity index is 1060. The van der Waals surface area contributed by atoms with Gasteiger partial charge in [-0.05, 0) is 36.8 Å². The number of nitrogens with one attached hydrogen (secondary N) is 1. The summed E-state index contributed by atoms with van der Waals surface area (Å²) in [7, 11) is 0. The van der Waals surface area contributed by atoms with E-state index in [0.29, 0.717) is 23.8 Å². The number of hydrogen-bond donors (Lipinski definition) is 2. The number of nitrogens with two attached hydrogens (primary N) is 1. The Morgan fingerprint density at radius 3 is 2.76 bits per heavy atom. The second-order valence-corrected chi connectivity index (χ2v) is 6.10. The first-order valence-electron chi connectivity index (χ1n) is 8.36. The minimum atomic E-state index is -4.47. The van der Waals surface area contributed by atoms with Gasteiger partial charge in [-0.15, -0.1) is 5.10 Å². The molecule has 0 atom stereocenters. The third kappa shape index (κ3) is 5.37. The Morgan fingerprint density at radius 2 is 2.03 bits per heavy atom. The van der Waals surface area contributed by atoms with Crippen molar-refractivity contribution < 1.29 is 18.0 Å². The van der Waals surface area contributed by atoms with Crippen LogP contribution in [0.1, 0.15) is 11.1 Å². The number of allylic oxidation sites excluding steroid dienone is 1. The standard InChI is InChI=1S/C18H16F3N7O/c1-11-7-13(14-10-28(27-26-14)6-2-3-15(22)29)24-17(8-11)25-16-9-12(4-5-23-16)18(19,20)21/h2-5,7-10H,6H2,1H3,(H2,22,29)(H,23,24,25)/b3-2+. The second kappa shape index (κ2) is 8.09. The van der Waals surface area contributed by atoms with Gasteiger partial charge >= 0.3 is 6.18 Å². The maximum absolute atomic E-state index is 12.9. The summed E-state index contributed by atoms with van der Waals surface area (Å²) in [5.41, 5.74) is 5.97. The number of aromatic nitrogens is 5. The number of nitrogens with zero attached hydrogens (tertiary/aromatic N) is 5. The molecule has 8 nitrogen and oxygen atoms in total. The number of hydrogen-bond acceptors (Lipinski definition) is 6. The molecule has 3 aromatic heterocycles. The molecular weight excluding hydrogens is 387 g/mol. The van der Waals surface area contributed by atoms with Gasteiger partial charge in [-0.25, -0.2) is 14.6 Å². The number of anilines is 2. The lowest BCUT2D eigenvalue weighted by Gasteiger charge is -2.10. The average Bonchev–Trinajstić information content (AvgIpc) is 3.09. The number of halogens is 3. The van der Waals surface area contributed by atoms with Gasteiger partial charge in [0.2, 0.25) is 5.91 Å². The van der Waals surface area contributed by atoms with Crippen molar-refractivity contribution in [2.45, 2.75) is 19.6 Å². The predicted molar refractivity (Wildman–Crippen MR) is 98.8 cm³/mol. The summed E-state index contributed by atoms with van der Waals surface area (Å²) in [5, 5.41) is 10.7. The fourth-order valence-electron chi connectivity index (χ4n) is 2.45. The summed E-state index contributed by atoms with van der Waals surface area (Å²) in [6.45, 7) is 2.11. The zero-order valence-corrected chi connectivity index (χ0v) is 15.2. The number of amides is 1. The second-order valence-electron chi connectivity index (χ2n) is 6.10. The molecule has 0 aliphatic carbocycles. The van der Waals surface area contributed by atoms with Crippen molar-refractivity contribution in [3.8, 4) is 11.4 Å². The van der Waals surface area contributed by atoms with Crippen LogP contribution in [0.4, 0.5) is 24.8 Å². The molecule has 3 N–H and O–H groups in total. The molecule has 0 aliphatic heterocycles. The zero-order valence-electron chi connectivity index (χ0n) is 15.2. The SMILES string of the molecule is Cc1cc(Nc2cc(C(F)(F)F)ccn2)nc(-c2cn(C/C=C/C(N)=O)nn2)c1. The minimum Gasteiger partial charge on any atom is -0.366 e. The third-order valence-electron chi connectivity index (χ3n) is 3.69. The average molecular weight is 403 g/mol. The third-order valence-corrected chi connectivity index (χ3v) is 3.69. The largest absolute Gasteiger partial charge is 0.416 e. The quantitative estimate of drug-likeness (QED) is 0.612. The molecule has 3 rings (SSSR count). The minimum absolute atomic E-state index is 0.0177. The lowest BCUT2D eigenvalue weighted by atomic mass is 10.2. The lowest BCUT2D eigenvalue weighted by molar-refractivity contribution is -0.137. The van der Waals surface area contributed by atoms with Gasteiger partial charge < -0.3 is 11.1 Å². The molecule has 29 heavy (non-hydrogen) atoms. The normalized spacial score (nSPS) is 11.7. The van der Waals surface area contributed by atoms with Crippen LogP contribution in [0.2, 0.25) is 0 Å². The fourth-order valence-corrected chi connectivity index (χ4v) is 2.45. The van der Waals surface area contributed by atoms with Gasteiger partial charge in [-0.1, -0.05) is 11.3 Å². The highest BCUT2D eigenvalue weighted by Crippen LogP contribution is 2.30. The van der Waals surface area contributed by atoms with E-state index < -0.39 is 17.6 Å². The Morgan fingerprint density at radius 1 is 1.24 bits per heavy atom. The highest BCUT2D eigenvalue weighted by Gasteiger charge is 2.30. The van der Waals surface area contributed by atoms with Crippen molar-refractivity contribution in [2.75, 3.05) is 5.32 Å². The van der Waals surface area contributed by atoms with Crippen LogP contribution in [0, 0.1) is 6.92 Å². The van der Waals surface area contributed by atoms with E-state index in [1.54, 1.807) is 18.3 Å². The van der Waals surface area contributed by atoms with Crippen molar-refractivity contribution in [2.24, 2.45) is 5.73 Å². The molecule has 0 aliphatic rings. The van der Waals surface area contributed by atoms with Gasteiger partial charge in [-0.2, -0.15) is 13.2 Å². The van der Waals surface area contributed by atoms with Crippen molar-refractivity contribution in [1.29, 1.82) is 0 Å². The van der Waals surface area contributed by atoms with Crippen molar-refractivity contribution in [1.82, 2.24) is 25.0 Å². The molecule has 1 amide bonds. The molecule has 3 aromatic rings. The van der Waals surface area contributed by atoms with Crippen LogP contribution in [0.25, 0.3) is 11.4 Å². The van der Waals surface area contributed by atoms with Crippen molar-refractivity contribution in [3.05, 3.63) is 59.9 Å². The predicted octanol–water partition coefficient (Wildman–Crippen LogP) is 2.85. The number of aryl methyl sites for hydroxylation is 1. The summed E-state index contributed by atoms with van der Waals surface area (Å²) in [6.07, 6.45) is 0.992. The molecule has 0 spiro atoms. The van der Waals surface area contributed by atoms with E-state index in [2.05, 4.69) is 25.6 Å². The summed E-state index contributed by atoms with van der Waals surface area (Å²) < 4.78 is 40.1. The van der Waals surface area contributed by atoms with Crippen LogP contribution in [-0.4, -0.2) is 30.9 Å². The molecule has 0 saturated heterocycles.